The van der Waals surface area contributed by atoms with Crippen molar-refractivity contribution < 1.29 is 9.47 Å². The van der Waals surface area contributed by atoms with Gasteiger partial charge in [-0.25, -0.2) is 9.97 Å². The highest BCUT2D eigenvalue weighted by atomic mass is 35.5. The number of hydrogen-bond acceptors (Lipinski definition) is 6. The van der Waals surface area contributed by atoms with Gasteiger partial charge in [0.25, 0.3) is 0 Å². The van der Waals surface area contributed by atoms with Crippen LogP contribution in [0, 0.1) is 13.8 Å². The standard InChI is InChI=1S/C18H18ClN3O2S/c1-10-11(2)25-18-15(10)17(21-9-22-18)20-8-12-6-13(19)16-14(7-12)23-4-3-5-24-16/h6-7,9H,3-5,8H2,1-2H3,(H,20,21,22). The van der Waals surface area contributed by atoms with Gasteiger partial charge >= 0.3 is 0 Å². The van der Waals surface area contributed by atoms with Crippen LogP contribution < -0.4 is 14.8 Å². The number of rotatable bonds is 3. The molecule has 3 aromatic rings. The van der Waals surface area contributed by atoms with E-state index in [2.05, 4.69) is 29.1 Å². The second-order valence-electron chi connectivity index (χ2n) is 5.99. The third-order valence-corrected chi connectivity index (χ3v) is 5.68. The first kappa shape index (κ1) is 16.4. The zero-order valence-electron chi connectivity index (χ0n) is 14.1. The topological polar surface area (TPSA) is 56.3 Å². The van der Waals surface area contributed by atoms with Crippen LogP contribution in [-0.2, 0) is 6.54 Å². The summed E-state index contributed by atoms with van der Waals surface area (Å²) in [4.78, 5) is 11.1. The van der Waals surface area contributed by atoms with E-state index in [0.29, 0.717) is 36.3 Å². The van der Waals surface area contributed by atoms with Gasteiger partial charge in [-0.3, -0.25) is 0 Å². The smallest absolute Gasteiger partial charge is 0.179 e. The highest BCUT2D eigenvalue weighted by Gasteiger charge is 2.16. The normalized spacial score (nSPS) is 13.7. The first-order valence-electron chi connectivity index (χ1n) is 8.16. The largest absolute Gasteiger partial charge is 0.489 e. The molecule has 0 fully saturated rings. The average molecular weight is 376 g/mol. The predicted molar refractivity (Wildman–Crippen MR) is 101 cm³/mol. The van der Waals surface area contributed by atoms with Crippen molar-refractivity contribution in [3.63, 3.8) is 0 Å². The van der Waals surface area contributed by atoms with Crippen LogP contribution in [0.2, 0.25) is 5.02 Å². The van der Waals surface area contributed by atoms with Gasteiger partial charge in [-0.1, -0.05) is 11.6 Å². The maximum atomic E-state index is 6.37. The number of thiophene rings is 1. The molecule has 1 aliphatic heterocycles. The number of aryl methyl sites for hydroxylation is 2. The molecule has 2 aromatic heterocycles. The van der Waals surface area contributed by atoms with Gasteiger partial charge in [-0.2, -0.15) is 0 Å². The molecule has 7 heteroatoms. The molecule has 0 saturated heterocycles. The van der Waals surface area contributed by atoms with Crippen LogP contribution in [0.3, 0.4) is 0 Å². The maximum Gasteiger partial charge on any atom is 0.179 e. The summed E-state index contributed by atoms with van der Waals surface area (Å²) in [6.07, 6.45) is 2.45. The van der Waals surface area contributed by atoms with Crippen molar-refractivity contribution in [1.29, 1.82) is 0 Å². The number of benzene rings is 1. The van der Waals surface area contributed by atoms with Gasteiger partial charge in [0, 0.05) is 17.8 Å². The van der Waals surface area contributed by atoms with Crippen molar-refractivity contribution >= 4 is 39.0 Å². The van der Waals surface area contributed by atoms with Gasteiger partial charge in [0.2, 0.25) is 0 Å². The molecule has 1 aromatic carbocycles. The lowest BCUT2D eigenvalue weighted by Crippen LogP contribution is -2.03. The lowest BCUT2D eigenvalue weighted by Gasteiger charge is -2.13. The summed E-state index contributed by atoms with van der Waals surface area (Å²) in [5, 5.41) is 5.07. The van der Waals surface area contributed by atoms with E-state index >= 15 is 0 Å². The monoisotopic (exact) mass is 375 g/mol. The van der Waals surface area contributed by atoms with Crippen LogP contribution in [0.25, 0.3) is 10.2 Å². The number of nitrogens with one attached hydrogen (secondary N) is 1. The summed E-state index contributed by atoms with van der Waals surface area (Å²) < 4.78 is 11.4. The van der Waals surface area contributed by atoms with Crippen LogP contribution in [-0.4, -0.2) is 23.2 Å². The summed E-state index contributed by atoms with van der Waals surface area (Å²) in [6, 6.07) is 3.88. The molecule has 5 nitrogen and oxygen atoms in total. The van der Waals surface area contributed by atoms with Crippen LogP contribution in [0.5, 0.6) is 11.5 Å². The third kappa shape index (κ3) is 3.12. The fourth-order valence-electron chi connectivity index (χ4n) is 2.89. The molecule has 3 heterocycles. The molecule has 4 rings (SSSR count). The van der Waals surface area contributed by atoms with E-state index in [1.54, 1.807) is 17.7 Å². The molecule has 0 bridgehead atoms. The minimum absolute atomic E-state index is 0.576. The second kappa shape index (κ2) is 6.69. The quantitative estimate of drug-likeness (QED) is 0.716. The van der Waals surface area contributed by atoms with E-state index in [1.165, 1.54) is 10.4 Å². The molecule has 0 atom stereocenters. The van der Waals surface area contributed by atoms with E-state index < -0.39 is 0 Å². The van der Waals surface area contributed by atoms with Crippen LogP contribution in [0.4, 0.5) is 5.82 Å². The molecule has 25 heavy (non-hydrogen) atoms. The molecule has 0 spiro atoms. The fraction of sp³-hybridized carbons (Fsp3) is 0.333. The zero-order valence-corrected chi connectivity index (χ0v) is 15.6. The summed E-state index contributed by atoms with van der Waals surface area (Å²) in [5.41, 5.74) is 2.24. The van der Waals surface area contributed by atoms with Crippen molar-refractivity contribution in [3.8, 4) is 11.5 Å². The van der Waals surface area contributed by atoms with Crippen molar-refractivity contribution in [2.24, 2.45) is 0 Å². The Kier molecular flexibility index (Phi) is 4.39. The van der Waals surface area contributed by atoms with Gasteiger partial charge in [0.15, 0.2) is 11.5 Å². The number of halogens is 1. The first-order chi connectivity index (χ1) is 12.1. The number of aromatic nitrogens is 2. The number of fused-ring (bicyclic) bond motifs is 2. The Morgan fingerprint density at radius 1 is 1.20 bits per heavy atom. The van der Waals surface area contributed by atoms with Crippen LogP contribution >= 0.6 is 22.9 Å². The SMILES string of the molecule is Cc1sc2ncnc(NCc3cc(Cl)c4c(c3)OCCCO4)c2c1C. The van der Waals surface area contributed by atoms with E-state index in [1.807, 2.05) is 12.1 Å². The van der Waals surface area contributed by atoms with Crippen molar-refractivity contribution in [2.75, 3.05) is 18.5 Å². The van der Waals surface area contributed by atoms with Crippen molar-refractivity contribution in [2.45, 2.75) is 26.8 Å². The second-order valence-corrected chi connectivity index (χ2v) is 7.61. The molecular formula is C18H18ClN3O2S. The summed E-state index contributed by atoms with van der Waals surface area (Å²) in [7, 11) is 0. The molecule has 1 aliphatic rings. The summed E-state index contributed by atoms with van der Waals surface area (Å²) >= 11 is 8.06. The lowest BCUT2D eigenvalue weighted by molar-refractivity contribution is 0.297. The molecule has 1 N–H and O–H groups in total. The Labute approximate surface area is 155 Å². The fourth-order valence-corrected chi connectivity index (χ4v) is 4.17. The molecule has 0 radical (unpaired) electrons. The van der Waals surface area contributed by atoms with E-state index in [9.17, 15) is 0 Å². The molecule has 0 saturated carbocycles. The summed E-state index contributed by atoms with van der Waals surface area (Å²) in [5.74, 6) is 2.18. The number of anilines is 1. The van der Waals surface area contributed by atoms with E-state index in [-0.39, 0.29) is 0 Å². The Bertz CT molecular complexity index is 942. The van der Waals surface area contributed by atoms with Crippen LogP contribution in [0.1, 0.15) is 22.4 Å². The number of nitrogens with zero attached hydrogens (tertiary/aromatic N) is 2. The van der Waals surface area contributed by atoms with Gasteiger partial charge in [0.05, 0.1) is 23.6 Å². The highest BCUT2D eigenvalue weighted by molar-refractivity contribution is 7.18. The van der Waals surface area contributed by atoms with Crippen molar-refractivity contribution in [3.05, 3.63) is 39.5 Å². The van der Waals surface area contributed by atoms with Gasteiger partial charge in [0.1, 0.15) is 17.0 Å². The highest BCUT2D eigenvalue weighted by Crippen LogP contribution is 2.38. The number of ether oxygens (including phenoxy) is 2. The summed E-state index contributed by atoms with van der Waals surface area (Å²) in [6.45, 7) is 6.07. The first-order valence-corrected chi connectivity index (χ1v) is 9.35. The Morgan fingerprint density at radius 2 is 2.04 bits per heavy atom. The molecule has 130 valence electrons. The minimum atomic E-state index is 0.576. The maximum absolute atomic E-state index is 6.37. The average Bonchev–Trinajstić information content (AvgIpc) is 2.77. The molecule has 0 amide bonds. The van der Waals surface area contributed by atoms with Crippen molar-refractivity contribution in [1.82, 2.24) is 9.97 Å². The Balaban J connectivity index is 1.62. The van der Waals surface area contributed by atoms with E-state index in [4.69, 9.17) is 21.1 Å². The molecular weight excluding hydrogens is 358 g/mol. The third-order valence-electron chi connectivity index (χ3n) is 4.29. The Morgan fingerprint density at radius 3 is 2.92 bits per heavy atom. The molecule has 0 aliphatic carbocycles. The lowest BCUT2D eigenvalue weighted by atomic mass is 10.2. The van der Waals surface area contributed by atoms with Gasteiger partial charge < -0.3 is 14.8 Å². The number of hydrogen-bond donors (Lipinski definition) is 1. The van der Waals surface area contributed by atoms with Gasteiger partial charge in [-0.15, -0.1) is 11.3 Å². The minimum Gasteiger partial charge on any atom is -0.489 e. The predicted octanol–water partition coefficient (Wildman–Crippen LogP) is 4.73. The van der Waals surface area contributed by atoms with E-state index in [0.717, 1.165) is 28.0 Å². The van der Waals surface area contributed by atoms with Gasteiger partial charge in [-0.05, 0) is 37.1 Å². The Hall–Kier alpha value is -2.05. The van der Waals surface area contributed by atoms with Crippen LogP contribution in [0.15, 0.2) is 18.5 Å². The zero-order chi connectivity index (χ0) is 17.4. The molecule has 0 unspecified atom stereocenters.